The lowest BCUT2D eigenvalue weighted by Gasteiger charge is -2.33. The van der Waals surface area contributed by atoms with Crippen molar-refractivity contribution in [2.24, 2.45) is 5.92 Å². The third kappa shape index (κ3) is 3.90. The van der Waals surface area contributed by atoms with Gasteiger partial charge in [-0.05, 0) is 54.2 Å². The van der Waals surface area contributed by atoms with Gasteiger partial charge in [-0.2, -0.15) is 0 Å². The molecule has 0 saturated heterocycles. The summed E-state index contributed by atoms with van der Waals surface area (Å²) < 4.78 is 7.21. The number of rotatable bonds is 5. The molecule has 0 unspecified atom stereocenters. The van der Waals surface area contributed by atoms with Crippen LogP contribution in [-0.2, 0) is 4.79 Å². The summed E-state index contributed by atoms with van der Waals surface area (Å²) in [4.78, 5) is 14.2. The number of benzene rings is 1. The Balaban J connectivity index is 1.55. The molecule has 7 heteroatoms. The van der Waals surface area contributed by atoms with Gasteiger partial charge >= 0.3 is 0 Å². The van der Waals surface area contributed by atoms with Crippen molar-refractivity contribution in [3.8, 4) is 11.4 Å². The number of aromatic nitrogens is 4. The fraction of sp³-hybridized carbons (Fsp3) is 0.529. The molecule has 2 aromatic rings. The van der Waals surface area contributed by atoms with Crippen LogP contribution in [0.25, 0.3) is 5.69 Å². The van der Waals surface area contributed by atoms with Crippen LogP contribution in [0.3, 0.4) is 0 Å². The van der Waals surface area contributed by atoms with Gasteiger partial charge in [0.2, 0.25) is 0 Å². The van der Waals surface area contributed by atoms with Gasteiger partial charge in [0, 0.05) is 19.2 Å². The van der Waals surface area contributed by atoms with Crippen LogP contribution >= 0.6 is 0 Å². The highest BCUT2D eigenvalue weighted by molar-refractivity contribution is 5.77. The monoisotopic (exact) mass is 329 g/mol. The van der Waals surface area contributed by atoms with Crippen molar-refractivity contribution in [2.75, 3.05) is 13.7 Å². The molecular formula is C17H23N5O2. The molecule has 1 amide bonds. The highest BCUT2D eigenvalue weighted by atomic mass is 16.5. The summed E-state index contributed by atoms with van der Waals surface area (Å²) in [5.74, 6) is 1.42. The highest BCUT2D eigenvalue weighted by Crippen LogP contribution is 2.26. The Kier molecular flexibility index (Phi) is 5.08. The van der Waals surface area contributed by atoms with E-state index < -0.39 is 0 Å². The van der Waals surface area contributed by atoms with E-state index in [0.717, 1.165) is 24.4 Å². The van der Waals surface area contributed by atoms with Crippen LogP contribution in [0.15, 0.2) is 30.6 Å². The van der Waals surface area contributed by atoms with Gasteiger partial charge in [0.1, 0.15) is 12.1 Å². The third-order valence-electron chi connectivity index (χ3n) is 4.72. The van der Waals surface area contributed by atoms with E-state index in [1.54, 1.807) is 4.68 Å². The molecular weight excluding hydrogens is 306 g/mol. The van der Waals surface area contributed by atoms with Gasteiger partial charge in [0.25, 0.3) is 5.91 Å². The maximum atomic E-state index is 12.4. The zero-order valence-electron chi connectivity index (χ0n) is 14.1. The first-order valence-corrected chi connectivity index (χ1v) is 8.35. The summed E-state index contributed by atoms with van der Waals surface area (Å²) in [5, 5.41) is 11.1. The Labute approximate surface area is 141 Å². The van der Waals surface area contributed by atoms with Gasteiger partial charge in [-0.25, -0.2) is 4.68 Å². The van der Waals surface area contributed by atoms with E-state index in [4.69, 9.17) is 4.74 Å². The minimum Gasteiger partial charge on any atom is -0.484 e. The minimum atomic E-state index is 0.0161. The van der Waals surface area contributed by atoms with Crippen molar-refractivity contribution in [1.82, 2.24) is 25.1 Å². The largest absolute Gasteiger partial charge is 0.484 e. The average Bonchev–Trinajstić information content (AvgIpc) is 3.15. The van der Waals surface area contributed by atoms with E-state index in [2.05, 4.69) is 22.4 Å². The fourth-order valence-electron chi connectivity index (χ4n) is 3.08. The molecule has 0 spiro atoms. The molecule has 1 aromatic heterocycles. The van der Waals surface area contributed by atoms with E-state index in [1.165, 1.54) is 19.2 Å². The van der Waals surface area contributed by atoms with E-state index in [-0.39, 0.29) is 12.5 Å². The smallest absolute Gasteiger partial charge is 0.260 e. The molecule has 24 heavy (non-hydrogen) atoms. The van der Waals surface area contributed by atoms with E-state index in [1.807, 2.05) is 36.2 Å². The Morgan fingerprint density at radius 3 is 2.83 bits per heavy atom. The zero-order valence-corrected chi connectivity index (χ0v) is 14.1. The number of nitrogens with zero attached hydrogens (tertiary/aromatic N) is 5. The van der Waals surface area contributed by atoms with Crippen LogP contribution in [0.5, 0.6) is 5.75 Å². The minimum absolute atomic E-state index is 0.0161. The van der Waals surface area contributed by atoms with Crippen molar-refractivity contribution in [3.63, 3.8) is 0 Å². The maximum Gasteiger partial charge on any atom is 0.260 e. The number of hydrogen-bond acceptors (Lipinski definition) is 5. The standard InChI is InChI=1S/C17H23N5O2/c1-13-6-8-14(9-7-13)21(2)17(23)11-24-16-5-3-4-15(10-16)22-12-18-19-20-22/h3-5,10,12-14H,6-9,11H2,1-2H3. The first-order valence-electron chi connectivity index (χ1n) is 8.35. The summed E-state index contributed by atoms with van der Waals surface area (Å²) in [6.07, 6.45) is 6.06. The Morgan fingerprint density at radius 2 is 2.12 bits per heavy atom. The Bertz CT molecular complexity index is 665. The van der Waals surface area contributed by atoms with Crippen LogP contribution in [0.1, 0.15) is 32.6 Å². The van der Waals surface area contributed by atoms with E-state index in [9.17, 15) is 4.79 Å². The summed E-state index contributed by atoms with van der Waals surface area (Å²) >= 11 is 0. The Morgan fingerprint density at radius 1 is 1.33 bits per heavy atom. The molecule has 0 radical (unpaired) electrons. The van der Waals surface area contributed by atoms with Crippen LogP contribution < -0.4 is 4.74 Å². The van der Waals surface area contributed by atoms with Gasteiger partial charge in [0.15, 0.2) is 6.61 Å². The quantitative estimate of drug-likeness (QED) is 0.840. The van der Waals surface area contributed by atoms with E-state index in [0.29, 0.717) is 11.8 Å². The second-order valence-electron chi connectivity index (χ2n) is 6.46. The van der Waals surface area contributed by atoms with Gasteiger partial charge in [0.05, 0.1) is 5.69 Å². The third-order valence-corrected chi connectivity index (χ3v) is 4.72. The van der Waals surface area contributed by atoms with Gasteiger partial charge < -0.3 is 9.64 Å². The molecule has 0 aliphatic heterocycles. The number of carbonyl (C=O) groups excluding carboxylic acids is 1. The summed E-state index contributed by atoms with van der Waals surface area (Å²) in [6.45, 7) is 2.32. The molecule has 0 atom stereocenters. The molecule has 0 bridgehead atoms. The lowest BCUT2D eigenvalue weighted by Crippen LogP contribution is -2.41. The predicted octanol–water partition coefficient (Wildman–Crippen LogP) is 2.08. The predicted molar refractivity (Wildman–Crippen MR) is 88.8 cm³/mol. The van der Waals surface area contributed by atoms with Gasteiger partial charge in [-0.3, -0.25) is 4.79 Å². The highest BCUT2D eigenvalue weighted by Gasteiger charge is 2.24. The van der Waals surface area contributed by atoms with E-state index >= 15 is 0 Å². The van der Waals surface area contributed by atoms with Crippen LogP contribution in [0, 0.1) is 5.92 Å². The van der Waals surface area contributed by atoms with Crippen LogP contribution in [0.4, 0.5) is 0 Å². The molecule has 7 nitrogen and oxygen atoms in total. The SMILES string of the molecule is CC1CCC(N(C)C(=O)COc2cccc(-n3cnnn3)c2)CC1. The fourth-order valence-corrected chi connectivity index (χ4v) is 3.08. The van der Waals surface area contributed by atoms with Crippen LogP contribution in [0.2, 0.25) is 0 Å². The topological polar surface area (TPSA) is 73.1 Å². The number of amides is 1. The molecule has 0 N–H and O–H groups in total. The number of likely N-dealkylation sites (N-methyl/N-ethyl adjacent to an activating group) is 1. The molecule has 1 aliphatic rings. The summed E-state index contributed by atoms with van der Waals surface area (Å²) in [6, 6.07) is 7.70. The number of tetrazole rings is 1. The Hall–Kier alpha value is -2.44. The van der Waals surface area contributed by atoms with Gasteiger partial charge in [-0.15, -0.1) is 5.10 Å². The molecule has 128 valence electrons. The molecule has 1 fully saturated rings. The van der Waals surface area contributed by atoms with Crippen molar-refractivity contribution in [2.45, 2.75) is 38.6 Å². The summed E-state index contributed by atoms with van der Waals surface area (Å²) in [5.41, 5.74) is 0.791. The molecule has 1 aromatic carbocycles. The first kappa shape index (κ1) is 16.4. The number of hydrogen-bond donors (Lipinski definition) is 0. The second kappa shape index (κ2) is 7.42. The number of ether oxygens (including phenoxy) is 1. The zero-order chi connectivity index (χ0) is 16.9. The molecule has 1 aliphatic carbocycles. The summed E-state index contributed by atoms with van der Waals surface area (Å²) in [7, 11) is 1.88. The normalized spacial score (nSPS) is 20.6. The maximum absolute atomic E-state index is 12.4. The van der Waals surface area contributed by atoms with Crippen LogP contribution in [-0.4, -0.2) is 50.7 Å². The lowest BCUT2D eigenvalue weighted by atomic mass is 9.87. The van der Waals surface area contributed by atoms with Crippen molar-refractivity contribution in [3.05, 3.63) is 30.6 Å². The lowest BCUT2D eigenvalue weighted by molar-refractivity contribution is -0.134. The molecule has 1 saturated carbocycles. The van der Waals surface area contributed by atoms with Crippen molar-refractivity contribution >= 4 is 5.91 Å². The molecule has 1 heterocycles. The average molecular weight is 329 g/mol. The van der Waals surface area contributed by atoms with Gasteiger partial charge in [-0.1, -0.05) is 13.0 Å². The van der Waals surface area contributed by atoms with Crippen molar-refractivity contribution in [1.29, 1.82) is 0 Å². The molecule has 3 rings (SSSR count). The number of carbonyl (C=O) groups is 1. The second-order valence-corrected chi connectivity index (χ2v) is 6.46. The van der Waals surface area contributed by atoms with Crippen molar-refractivity contribution < 1.29 is 9.53 Å². The first-order chi connectivity index (χ1) is 11.6.